The van der Waals surface area contributed by atoms with Gasteiger partial charge in [-0.05, 0) is 72.5 Å². The van der Waals surface area contributed by atoms with Gasteiger partial charge in [-0.2, -0.15) is 0 Å². The van der Waals surface area contributed by atoms with Crippen LogP contribution in [0.2, 0.25) is 5.02 Å². The van der Waals surface area contributed by atoms with Gasteiger partial charge in [0.25, 0.3) is 11.7 Å². The number of hydrogen-bond donors (Lipinski definition) is 1. The summed E-state index contributed by atoms with van der Waals surface area (Å²) in [6, 6.07) is 16.3. The van der Waals surface area contributed by atoms with Crippen LogP contribution in [0.4, 0.5) is 10.1 Å². The lowest BCUT2D eigenvalue weighted by Crippen LogP contribution is -2.29. The molecule has 1 heterocycles. The van der Waals surface area contributed by atoms with Crippen molar-refractivity contribution in [1.29, 1.82) is 0 Å². The molecule has 3 aromatic carbocycles. The van der Waals surface area contributed by atoms with Gasteiger partial charge >= 0.3 is 0 Å². The van der Waals surface area contributed by atoms with Gasteiger partial charge in [0, 0.05) is 16.3 Å². The van der Waals surface area contributed by atoms with Gasteiger partial charge in [0.05, 0.1) is 18.2 Å². The zero-order valence-corrected chi connectivity index (χ0v) is 20.3. The Labute approximate surface area is 208 Å². The third-order valence-electron chi connectivity index (χ3n) is 5.92. The Morgan fingerprint density at radius 3 is 2.43 bits per heavy atom. The Balaban J connectivity index is 1.93. The Morgan fingerprint density at radius 2 is 1.80 bits per heavy atom. The lowest BCUT2D eigenvalue weighted by Gasteiger charge is -2.25. The van der Waals surface area contributed by atoms with E-state index in [9.17, 15) is 19.1 Å². The molecule has 1 fully saturated rings. The normalized spacial score (nSPS) is 17.3. The number of ether oxygens (including phenoxy) is 1. The van der Waals surface area contributed by atoms with E-state index in [4.69, 9.17) is 16.3 Å². The summed E-state index contributed by atoms with van der Waals surface area (Å²) < 4.78 is 19.8. The highest BCUT2D eigenvalue weighted by Crippen LogP contribution is 2.43. The summed E-state index contributed by atoms with van der Waals surface area (Å²) in [4.78, 5) is 27.7. The number of nitrogens with zero attached hydrogens (tertiary/aromatic N) is 1. The molecule has 1 aliphatic heterocycles. The first-order valence-electron chi connectivity index (χ1n) is 11.3. The fourth-order valence-corrected chi connectivity index (χ4v) is 4.40. The summed E-state index contributed by atoms with van der Waals surface area (Å²) in [6.07, 6.45) is 0. The molecule has 3 aromatic rings. The summed E-state index contributed by atoms with van der Waals surface area (Å²) in [7, 11) is 0. The highest BCUT2D eigenvalue weighted by molar-refractivity contribution is 6.51. The van der Waals surface area contributed by atoms with Crippen molar-refractivity contribution in [3.8, 4) is 5.75 Å². The minimum absolute atomic E-state index is 0.0829. The SMILES string of the molecule is CCOc1ccc(/C(O)=C2/C(=O)C(=O)N(c3cccc(F)c3)C2c2ccc(Cl)cc2)cc1C(C)C. The van der Waals surface area contributed by atoms with Gasteiger partial charge in [0.2, 0.25) is 0 Å². The number of amides is 1. The van der Waals surface area contributed by atoms with Crippen molar-refractivity contribution in [3.05, 3.63) is 99.8 Å². The van der Waals surface area contributed by atoms with Gasteiger partial charge in [-0.25, -0.2) is 4.39 Å². The lowest BCUT2D eigenvalue weighted by atomic mass is 9.93. The summed E-state index contributed by atoms with van der Waals surface area (Å²) >= 11 is 6.06. The third kappa shape index (κ3) is 4.66. The number of carbonyl (C=O) groups excluding carboxylic acids is 2. The maximum absolute atomic E-state index is 14.1. The Bertz CT molecular complexity index is 1320. The van der Waals surface area contributed by atoms with Gasteiger partial charge in [-0.3, -0.25) is 14.5 Å². The number of rotatable bonds is 6. The third-order valence-corrected chi connectivity index (χ3v) is 6.17. The first kappa shape index (κ1) is 24.5. The highest BCUT2D eigenvalue weighted by atomic mass is 35.5. The molecular weight excluding hydrogens is 469 g/mol. The van der Waals surface area contributed by atoms with Crippen LogP contribution in [-0.4, -0.2) is 23.4 Å². The van der Waals surface area contributed by atoms with E-state index in [2.05, 4.69) is 0 Å². The average molecular weight is 494 g/mol. The van der Waals surface area contributed by atoms with E-state index in [-0.39, 0.29) is 22.9 Å². The monoisotopic (exact) mass is 493 g/mol. The number of benzene rings is 3. The van der Waals surface area contributed by atoms with Crippen molar-refractivity contribution in [2.75, 3.05) is 11.5 Å². The fraction of sp³-hybridized carbons (Fsp3) is 0.214. The molecule has 180 valence electrons. The molecule has 0 saturated carbocycles. The standard InChI is InChI=1S/C28H25ClFNO4/c1-4-35-23-13-10-18(14-22(23)16(2)3)26(32)24-25(17-8-11-19(29)12-9-17)31(28(34)27(24)33)21-7-5-6-20(30)15-21/h5-16,25,32H,4H2,1-3H3/b26-24-. The molecule has 7 heteroatoms. The summed E-state index contributed by atoms with van der Waals surface area (Å²) in [5.74, 6) is -1.79. The van der Waals surface area contributed by atoms with E-state index >= 15 is 0 Å². The van der Waals surface area contributed by atoms with E-state index in [1.165, 1.54) is 23.1 Å². The van der Waals surface area contributed by atoms with Gasteiger partial charge in [0.15, 0.2) is 0 Å². The van der Waals surface area contributed by atoms with Crippen LogP contribution in [0.25, 0.3) is 5.76 Å². The first-order valence-corrected chi connectivity index (χ1v) is 11.7. The summed E-state index contributed by atoms with van der Waals surface area (Å²) in [5, 5.41) is 11.9. The molecule has 4 rings (SSSR count). The van der Waals surface area contributed by atoms with E-state index in [1.54, 1.807) is 48.5 Å². The van der Waals surface area contributed by atoms with Crippen LogP contribution >= 0.6 is 11.6 Å². The number of hydrogen-bond acceptors (Lipinski definition) is 4. The smallest absolute Gasteiger partial charge is 0.300 e. The highest BCUT2D eigenvalue weighted by Gasteiger charge is 2.47. The van der Waals surface area contributed by atoms with E-state index in [0.29, 0.717) is 28.5 Å². The Morgan fingerprint density at radius 1 is 1.09 bits per heavy atom. The van der Waals surface area contributed by atoms with Gasteiger partial charge in [0.1, 0.15) is 17.3 Å². The van der Waals surface area contributed by atoms with E-state index < -0.39 is 23.5 Å². The molecule has 5 nitrogen and oxygen atoms in total. The minimum atomic E-state index is -0.969. The van der Waals surface area contributed by atoms with Crippen molar-refractivity contribution in [2.45, 2.75) is 32.7 Å². The summed E-state index contributed by atoms with van der Waals surface area (Å²) in [5.41, 5.74) is 1.92. The number of aliphatic hydroxyl groups is 1. The number of anilines is 1. The molecule has 1 atom stereocenters. The Kier molecular flexibility index (Phi) is 6.94. The van der Waals surface area contributed by atoms with E-state index in [0.717, 1.165) is 5.56 Å². The van der Waals surface area contributed by atoms with Crippen molar-refractivity contribution >= 4 is 34.7 Å². The molecular formula is C28H25ClFNO4. The minimum Gasteiger partial charge on any atom is -0.507 e. The average Bonchev–Trinajstić information content (AvgIpc) is 3.10. The van der Waals surface area contributed by atoms with Crippen LogP contribution in [0, 0.1) is 5.82 Å². The van der Waals surface area contributed by atoms with Crippen LogP contribution in [0.15, 0.2) is 72.3 Å². The van der Waals surface area contributed by atoms with Crippen molar-refractivity contribution in [3.63, 3.8) is 0 Å². The summed E-state index contributed by atoms with van der Waals surface area (Å²) in [6.45, 7) is 6.37. The van der Waals surface area contributed by atoms with Crippen LogP contribution in [-0.2, 0) is 9.59 Å². The van der Waals surface area contributed by atoms with Crippen LogP contribution in [0.1, 0.15) is 49.4 Å². The van der Waals surface area contributed by atoms with Crippen molar-refractivity contribution < 1.29 is 23.8 Å². The molecule has 0 aliphatic carbocycles. The van der Waals surface area contributed by atoms with Gasteiger partial charge < -0.3 is 9.84 Å². The topological polar surface area (TPSA) is 66.8 Å². The zero-order valence-electron chi connectivity index (χ0n) is 19.6. The maximum Gasteiger partial charge on any atom is 0.300 e. The molecule has 1 unspecified atom stereocenters. The predicted molar refractivity (Wildman–Crippen MR) is 134 cm³/mol. The molecule has 1 amide bonds. The molecule has 1 saturated heterocycles. The molecule has 0 spiro atoms. The van der Waals surface area contributed by atoms with Crippen LogP contribution in [0.3, 0.4) is 0 Å². The largest absolute Gasteiger partial charge is 0.507 e. The lowest BCUT2D eigenvalue weighted by molar-refractivity contribution is -0.132. The van der Waals surface area contributed by atoms with Crippen LogP contribution < -0.4 is 9.64 Å². The molecule has 35 heavy (non-hydrogen) atoms. The number of aliphatic hydroxyl groups excluding tert-OH is 1. The molecule has 1 N–H and O–H groups in total. The number of halogens is 2. The van der Waals surface area contributed by atoms with Gasteiger partial charge in [-0.1, -0.05) is 43.6 Å². The molecule has 0 aromatic heterocycles. The van der Waals surface area contributed by atoms with Gasteiger partial charge in [-0.15, -0.1) is 0 Å². The molecule has 1 aliphatic rings. The molecule has 0 radical (unpaired) electrons. The quantitative estimate of drug-likeness (QED) is 0.238. The second kappa shape index (κ2) is 9.92. The second-order valence-corrected chi connectivity index (χ2v) is 8.98. The van der Waals surface area contributed by atoms with Crippen molar-refractivity contribution in [1.82, 2.24) is 0 Å². The number of ketones is 1. The number of carbonyl (C=O) groups is 2. The maximum atomic E-state index is 14.1. The number of Topliss-reactive ketones (excluding diaryl/α,β-unsaturated/α-hetero) is 1. The predicted octanol–water partition coefficient (Wildman–Crippen LogP) is 6.63. The second-order valence-electron chi connectivity index (χ2n) is 8.54. The zero-order chi connectivity index (χ0) is 25.3. The van der Waals surface area contributed by atoms with Crippen LogP contribution in [0.5, 0.6) is 5.75 Å². The Hall–Kier alpha value is -3.64. The fourth-order valence-electron chi connectivity index (χ4n) is 4.27. The molecule has 0 bridgehead atoms. The first-order chi connectivity index (χ1) is 16.7. The van der Waals surface area contributed by atoms with E-state index in [1.807, 2.05) is 20.8 Å². The van der Waals surface area contributed by atoms with Crippen molar-refractivity contribution in [2.24, 2.45) is 0 Å².